The Kier molecular flexibility index (Phi) is 7.17. The van der Waals surface area contributed by atoms with Crippen molar-refractivity contribution in [2.45, 2.75) is 60.0 Å². The van der Waals surface area contributed by atoms with E-state index in [2.05, 4.69) is 9.97 Å². The summed E-state index contributed by atoms with van der Waals surface area (Å²) in [5.41, 5.74) is 6.79. The zero-order valence-electron chi connectivity index (χ0n) is 19.2. The molecule has 9 nitrogen and oxygen atoms in total. The van der Waals surface area contributed by atoms with Crippen LogP contribution in [-0.2, 0) is 24.3 Å². The first-order chi connectivity index (χ1) is 15.3. The van der Waals surface area contributed by atoms with Gasteiger partial charge in [0.2, 0.25) is 5.91 Å². The average molecular weight is 441 g/mol. The molecule has 0 spiro atoms. The van der Waals surface area contributed by atoms with E-state index in [1.807, 2.05) is 56.5 Å². The number of anilines is 2. The number of unbranched alkanes of at least 4 members (excludes halogenated alkanes) is 1. The summed E-state index contributed by atoms with van der Waals surface area (Å²) in [6.07, 6.45) is 2.19. The van der Waals surface area contributed by atoms with Crippen molar-refractivity contribution in [3.05, 3.63) is 50.9 Å². The minimum atomic E-state index is -0.650. The van der Waals surface area contributed by atoms with Gasteiger partial charge in [-0.25, -0.2) is 9.78 Å². The summed E-state index contributed by atoms with van der Waals surface area (Å²) >= 11 is 0. The molecule has 2 aromatic heterocycles. The first-order valence-corrected chi connectivity index (χ1v) is 11.2. The molecule has 172 valence electrons. The molecular weight excluding hydrogens is 408 g/mol. The number of H-pyrrole nitrogens is 1. The SMILES string of the molecule is CCCCN(C(=O)Cn1c(CC)nc2ccccc21)c1c(N)n(CC(C)C)c(=O)[nH]c1=O. The topological polar surface area (TPSA) is 119 Å². The molecule has 3 rings (SSSR count). The van der Waals surface area contributed by atoms with Crippen LogP contribution in [0.3, 0.4) is 0 Å². The highest BCUT2D eigenvalue weighted by Crippen LogP contribution is 2.21. The molecule has 2 heterocycles. The Morgan fingerprint density at radius 3 is 2.56 bits per heavy atom. The van der Waals surface area contributed by atoms with Gasteiger partial charge in [-0.1, -0.05) is 46.2 Å². The van der Waals surface area contributed by atoms with Gasteiger partial charge in [0.05, 0.1) is 11.0 Å². The highest BCUT2D eigenvalue weighted by molar-refractivity contribution is 5.96. The third kappa shape index (κ3) is 4.61. The molecule has 0 radical (unpaired) electrons. The maximum Gasteiger partial charge on any atom is 0.330 e. The molecule has 3 N–H and O–H groups in total. The number of rotatable bonds is 9. The Hall–Kier alpha value is -3.36. The Morgan fingerprint density at radius 1 is 1.19 bits per heavy atom. The fraction of sp³-hybridized carbons (Fsp3) is 0.478. The van der Waals surface area contributed by atoms with Gasteiger partial charge in [-0.3, -0.25) is 19.1 Å². The van der Waals surface area contributed by atoms with Crippen molar-refractivity contribution in [1.29, 1.82) is 0 Å². The van der Waals surface area contributed by atoms with Crippen LogP contribution in [-0.4, -0.2) is 31.6 Å². The van der Waals surface area contributed by atoms with Crippen LogP contribution >= 0.6 is 0 Å². The quantitative estimate of drug-likeness (QED) is 0.530. The molecule has 0 atom stereocenters. The molecule has 0 fully saturated rings. The largest absolute Gasteiger partial charge is 0.383 e. The Morgan fingerprint density at radius 2 is 1.91 bits per heavy atom. The number of hydrogen-bond donors (Lipinski definition) is 2. The van der Waals surface area contributed by atoms with Crippen molar-refractivity contribution in [3.63, 3.8) is 0 Å². The van der Waals surface area contributed by atoms with Gasteiger partial charge in [-0.05, 0) is 24.5 Å². The van der Waals surface area contributed by atoms with Gasteiger partial charge >= 0.3 is 5.69 Å². The van der Waals surface area contributed by atoms with E-state index in [4.69, 9.17) is 5.73 Å². The number of nitrogens with two attached hydrogens (primary N) is 1. The maximum atomic E-state index is 13.5. The van der Waals surface area contributed by atoms with E-state index >= 15 is 0 Å². The maximum absolute atomic E-state index is 13.5. The van der Waals surface area contributed by atoms with Crippen LogP contribution in [0.1, 0.15) is 46.4 Å². The lowest BCUT2D eigenvalue weighted by Crippen LogP contribution is -2.43. The number of nitrogen functional groups attached to an aromatic ring is 1. The van der Waals surface area contributed by atoms with Crippen molar-refractivity contribution in [2.24, 2.45) is 5.92 Å². The number of nitrogens with one attached hydrogen (secondary N) is 1. The van der Waals surface area contributed by atoms with Crippen LogP contribution in [0.25, 0.3) is 11.0 Å². The van der Waals surface area contributed by atoms with Gasteiger partial charge in [-0.15, -0.1) is 0 Å². The molecule has 0 aliphatic heterocycles. The molecule has 0 aliphatic carbocycles. The van der Waals surface area contributed by atoms with Crippen molar-refractivity contribution in [2.75, 3.05) is 17.2 Å². The number of benzene rings is 1. The monoisotopic (exact) mass is 440 g/mol. The molecule has 0 bridgehead atoms. The number of aromatic amines is 1. The average Bonchev–Trinajstić information content (AvgIpc) is 3.10. The normalized spacial score (nSPS) is 11.4. The minimum Gasteiger partial charge on any atom is -0.383 e. The highest BCUT2D eigenvalue weighted by Gasteiger charge is 2.25. The number of amides is 1. The lowest BCUT2D eigenvalue weighted by atomic mass is 10.2. The van der Waals surface area contributed by atoms with Crippen LogP contribution in [0, 0.1) is 5.92 Å². The molecule has 0 saturated carbocycles. The predicted octanol–water partition coefficient (Wildman–Crippen LogP) is 2.52. The van der Waals surface area contributed by atoms with Crippen LogP contribution < -0.4 is 21.9 Å². The molecule has 32 heavy (non-hydrogen) atoms. The summed E-state index contributed by atoms with van der Waals surface area (Å²) in [4.78, 5) is 47.1. The summed E-state index contributed by atoms with van der Waals surface area (Å²) in [7, 11) is 0. The van der Waals surface area contributed by atoms with E-state index in [1.165, 1.54) is 9.47 Å². The minimum absolute atomic E-state index is 0.0168. The predicted molar refractivity (Wildman–Crippen MR) is 127 cm³/mol. The van der Waals surface area contributed by atoms with Gasteiger partial charge in [0, 0.05) is 19.5 Å². The molecule has 3 aromatic rings. The second kappa shape index (κ2) is 9.84. The molecule has 0 saturated heterocycles. The fourth-order valence-electron chi connectivity index (χ4n) is 3.85. The van der Waals surface area contributed by atoms with Gasteiger partial charge in [0.25, 0.3) is 5.56 Å². The third-order valence-corrected chi connectivity index (χ3v) is 5.41. The van der Waals surface area contributed by atoms with E-state index in [-0.39, 0.29) is 29.9 Å². The number of para-hydroxylation sites is 2. The highest BCUT2D eigenvalue weighted by atomic mass is 16.2. The summed E-state index contributed by atoms with van der Waals surface area (Å²) in [6.45, 7) is 8.60. The van der Waals surface area contributed by atoms with Gasteiger partial charge in [0.1, 0.15) is 18.2 Å². The molecule has 1 aromatic carbocycles. The van der Waals surface area contributed by atoms with E-state index < -0.39 is 11.2 Å². The summed E-state index contributed by atoms with van der Waals surface area (Å²) in [5, 5.41) is 0. The van der Waals surface area contributed by atoms with Crippen molar-refractivity contribution >= 4 is 28.4 Å². The molecule has 9 heteroatoms. The van der Waals surface area contributed by atoms with Gasteiger partial charge in [0.15, 0.2) is 5.69 Å². The zero-order valence-corrected chi connectivity index (χ0v) is 19.2. The number of aromatic nitrogens is 4. The number of aryl methyl sites for hydroxylation is 1. The first-order valence-electron chi connectivity index (χ1n) is 11.2. The first kappa shape index (κ1) is 23.3. The molecule has 1 amide bonds. The Labute approximate surface area is 186 Å². The van der Waals surface area contributed by atoms with E-state index in [9.17, 15) is 14.4 Å². The molecule has 0 unspecified atom stereocenters. The smallest absolute Gasteiger partial charge is 0.330 e. The number of nitrogens with zero attached hydrogens (tertiary/aromatic N) is 4. The summed E-state index contributed by atoms with van der Waals surface area (Å²) in [5.74, 6) is 0.672. The third-order valence-electron chi connectivity index (χ3n) is 5.41. The van der Waals surface area contributed by atoms with E-state index in [0.717, 1.165) is 23.3 Å². The van der Waals surface area contributed by atoms with E-state index in [1.54, 1.807) is 0 Å². The van der Waals surface area contributed by atoms with Crippen molar-refractivity contribution in [1.82, 2.24) is 19.1 Å². The van der Waals surface area contributed by atoms with E-state index in [0.29, 0.717) is 25.9 Å². The van der Waals surface area contributed by atoms with Gasteiger partial charge < -0.3 is 15.2 Å². The Bertz CT molecular complexity index is 1220. The lowest BCUT2D eigenvalue weighted by Gasteiger charge is -2.25. The van der Waals surface area contributed by atoms with Crippen LogP contribution in [0.4, 0.5) is 11.5 Å². The number of carbonyl (C=O) groups excluding carboxylic acids is 1. The van der Waals surface area contributed by atoms with Gasteiger partial charge in [-0.2, -0.15) is 0 Å². The molecule has 0 aliphatic rings. The standard InChI is InChI=1S/C23H32N6O3/c1-5-7-12-27(20-21(24)29(13-15(3)4)23(32)26-22(20)31)19(30)14-28-17-11-9-8-10-16(17)25-18(28)6-2/h8-11,15H,5-7,12-14,24H2,1-4H3,(H,26,31,32). The van der Waals surface area contributed by atoms with Crippen LogP contribution in [0.15, 0.2) is 33.9 Å². The fourth-order valence-corrected chi connectivity index (χ4v) is 3.85. The number of imidazole rings is 1. The number of carbonyl (C=O) groups is 1. The lowest BCUT2D eigenvalue weighted by molar-refractivity contribution is -0.119. The number of hydrogen-bond acceptors (Lipinski definition) is 5. The van der Waals surface area contributed by atoms with Crippen LogP contribution in [0.2, 0.25) is 0 Å². The summed E-state index contributed by atoms with van der Waals surface area (Å²) < 4.78 is 3.21. The second-order valence-corrected chi connectivity index (χ2v) is 8.35. The zero-order chi connectivity index (χ0) is 23.4. The number of fused-ring (bicyclic) bond motifs is 1. The Balaban J connectivity index is 2.08. The second-order valence-electron chi connectivity index (χ2n) is 8.35. The van der Waals surface area contributed by atoms with Crippen molar-refractivity contribution < 1.29 is 4.79 Å². The van der Waals surface area contributed by atoms with Crippen molar-refractivity contribution in [3.8, 4) is 0 Å². The summed E-state index contributed by atoms with van der Waals surface area (Å²) in [6, 6.07) is 7.65. The molecular formula is C23H32N6O3. The van der Waals surface area contributed by atoms with Crippen LogP contribution in [0.5, 0.6) is 0 Å².